The van der Waals surface area contributed by atoms with Crippen LogP contribution in [0.15, 0.2) is 47.0 Å². The van der Waals surface area contributed by atoms with Crippen molar-refractivity contribution in [1.82, 2.24) is 9.99 Å². The van der Waals surface area contributed by atoms with Crippen molar-refractivity contribution in [1.29, 1.82) is 0 Å². The van der Waals surface area contributed by atoms with Crippen molar-refractivity contribution >= 4 is 23.4 Å². The van der Waals surface area contributed by atoms with Gasteiger partial charge < -0.3 is 4.90 Å². The fraction of sp³-hybridized carbons (Fsp3) is 0.286. The van der Waals surface area contributed by atoms with E-state index in [1.807, 2.05) is 30.6 Å². The normalized spacial score (nSPS) is 16.2. The lowest BCUT2D eigenvalue weighted by atomic mass is 10.3. The van der Waals surface area contributed by atoms with E-state index in [0.717, 1.165) is 32.0 Å². The van der Waals surface area contributed by atoms with Crippen LogP contribution >= 0.6 is 11.3 Å². The molecule has 1 saturated heterocycles. The molecular formula is C14H16N4S. The number of pyridine rings is 1. The lowest BCUT2D eigenvalue weighted by molar-refractivity contribution is 0.271. The molecule has 1 fully saturated rings. The molecule has 0 amide bonds. The first-order valence-corrected chi connectivity index (χ1v) is 7.28. The van der Waals surface area contributed by atoms with Gasteiger partial charge in [-0.15, -0.1) is 11.3 Å². The first-order valence-electron chi connectivity index (χ1n) is 6.40. The number of hydrazone groups is 1. The highest BCUT2D eigenvalue weighted by Crippen LogP contribution is 2.13. The number of nitrogens with zero attached hydrogens (tertiary/aromatic N) is 4. The third-order valence-electron chi connectivity index (χ3n) is 3.12. The van der Waals surface area contributed by atoms with Gasteiger partial charge in [0.2, 0.25) is 0 Å². The van der Waals surface area contributed by atoms with Crippen molar-refractivity contribution in [3.63, 3.8) is 0 Å². The third kappa shape index (κ3) is 3.12. The number of anilines is 1. The maximum Gasteiger partial charge on any atom is 0.128 e. The largest absolute Gasteiger partial charge is 0.353 e. The molecule has 1 aliphatic rings. The minimum Gasteiger partial charge on any atom is -0.353 e. The van der Waals surface area contributed by atoms with Gasteiger partial charge in [-0.25, -0.2) is 4.98 Å². The van der Waals surface area contributed by atoms with Crippen molar-refractivity contribution in [3.05, 3.63) is 46.8 Å². The molecule has 0 spiro atoms. The highest BCUT2D eigenvalue weighted by Gasteiger charge is 2.15. The summed E-state index contributed by atoms with van der Waals surface area (Å²) in [6, 6.07) is 10.2. The summed E-state index contributed by atoms with van der Waals surface area (Å²) in [5, 5.41) is 8.72. The second kappa shape index (κ2) is 5.84. The molecule has 2 aromatic heterocycles. The topological polar surface area (TPSA) is 31.7 Å². The molecule has 1 aliphatic heterocycles. The predicted molar refractivity (Wildman–Crippen MR) is 79.9 cm³/mol. The van der Waals surface area contributed by atoms with Gasteiger partial charge in [0.25, 0.3) is 0 Å². The summed E-state index contributed by atoms with van der Waals surface area (Å²) in [4.78, 5) is 7.89. The molecule has 2 aromatic rings. The lowest BCUT2D eigenvalue weighted by Gasteiger charge is -2.33. The maximum atomic E-state index is 4.53. The van der Waals surface area contributed by atoms with Crippen molar-refractivity contribution in [2.45, 2.75) is 0 Å². The standard InChI is InChI=1S/C14H16N4S/c1-2-6-15-14(5-1)17-7-9-18(10-8-17)16-12-13-4-3-11-19-13/h1-6,11-12H,7-10H2/b16-12-. The van der Waals surface area contributed by atoms with Crippen LogP contribution in [-0.2, 0) is 0 Å². The second-order valence-corrected chi connectivity index (χ2v) is 5.37. The van der Waals surface area contributed by atoms with E-state index in [-0.39, 0.29) is 0 Å². The van der Waals surface area contributed by atoms with E-state index < -0.39 is 0 Å². The molecule has 0 bridgehead atoms. The van der Waals surface area contributed by atoms with Gasteiger partial charge in [-0.2, -0.15) is 5.10 Å². The first-order chi connectivity index (χ1) is 9.42. The Balaban J connectivity index is 1.55. The number of piperazine rings is 1. The number of hydrogen-bond acceptors (Lipinski definition) is 5. The van der Waals surface area contributed by atoms with Gasteiger partial charge in [0.1, 0.15) is 5.82 Å². The zero-order valence-corrected chi connectivity index (χ0v) is 11.5. The van der Waals surface area contributed by atoms with Crippen LogP contribution in [0.5, 0.6) is 0 Å². The van der Waals surface area contributed by atoms with Crippen molar-refractivity contribution in [2.75, 3.05) is 31.1 Å². The molecule has 4 nitrogen and oxygen atoms in total. The molecule has 0 N–H and O–H groups in total. The van der Waals surface area contributed by atoms with E-state index in [1.165, 1.54) is 4.88 Å². The third-order valence-corrected chi connectivity index (χ3v) is 3.93. The summed E-state index contributed by atoms with van der Waals surface area (Å²) >= 11 is 1.71. The van der Waals surface area contributed by atoms with Crippen LogP contribution in [0.3, 0.4) is 0 Å². The number of thiophene rings is 1. The minimum atomic E-state index is 0.943. The highest BCUT2D eigenvalue weighted by atomic mass is 32.1. The quantitative estimate of drug-likeness (QED) is 0.804. The monoisotopic (exact) mass is 272 g/mol. The van der Waals surface area contributed by atoms with Crippen LogP contribution in [-0.4, -0.2) is 42.4 Å². The van der Waals surface area contributed by atoms with Crippen molar-refractivity contribution < 1.29 is 0 Å². The van der Waals surface area contributed by atoms with Crippen LogP contribution in [0.1, 0.15) is 4.88 Å². The number of rotatable bonds is 3. The Hall–Kier alpha value is -1.88. The zero-order valence-electron chi connectivity index (χ0n) is 10.6. The van der Waals surface area contributed by atoms with E-state index in [4.69, 9.17) is 0 Å². The molecule has 3 heterocycles. The zero-order chi connectivity index (χ0) is 12.9. The van der Waals surface area contributed by atoms with E-state index in [1.54, 1.807) is 11.3 Å². The van der Waals surface area contributed by atoms with Gasteiger partial charge in [-0.05, 0) is 23.6 Å². The van der Waals surface area contributed by atoms with E-state index in [9.17, 15) is 0 Å². The highest BCUT2D eigenvalue weighted by molar-refractivity contribution is 7.11. The fourth-order valence-electron chi connectivity index (χ4n) is 2.08. The van der Waals surface area contributed by atoms with Gasteiger partial charge in [0, 0.05) is 24.2 Å². The first kappa shape index (κ1) is 12.2. The molecule has 0 radical (unpaired) electrons. The second-order valence-electron chi connectivity index (χ2n) is 4.39. The number of hydrogen-bond donors (Lipinski definition) is 0. The van der Waals surface area contributed by atoms with Crippen LogP contribution < -0.4 is 4.90 Å². The molecule has 3 rings (SSSR count). The Labute approximate surface area is 117 Å². The average molecular weight is 272 g/mol. The Morgan fingerprint density at radius 2 is 2.00 bits per heavy atom. The summed E-state index contributed by atoms with van der Waals surface area (Å²) in [5.41, 5.74) is 0. The molecule has 5 heteroatoms. The Morgan fingerprint density at radius 1 is 1.11 bits per heavy atom. The molecule has 0 aliphatic carbocycles. The smallest absolute Gasteiger partial charge is 0.128 e. The maximum absolute atomic E-state index is 4.53. The van der Waals surface area contributed by atoms with Gasteiger partial charge in [-0.3, -0.25) is 5.01 Å². The molecule has 19 heavy (non-hydrogen) atoms. The van der Waals surface area contributed by atoms with E-state index >= 15 is 0 Å². The molecule has 0 unspecified atom stereocenters. The SMILES string of the molecule is C(=N/N1CCN(c2ccccn2)CC1)/c1cccs1. The Kier molecular flexibility index (Phi) is 3.74. The molecular weight excluding hydrogens is 256 g/mol. The molecule has 98 valence electrons. The van der Waals surface area contributed by atoms with E-state index in [0.29, 0.717) is 0 Å². The minimum absolute atomic E-state index is 0.943. The van der Waals surface area contributed by atoms with Crippen LogP contribution in [0, 0.1) is 0 Å². The molecule has 0 aromatic carbocycles. The average Bonchev–Trinajstić information content (AvgIpc) is 3.00. The fourth-order valence-corrected chi connectivity index (χ4v) is 2.66. The Morgan fingerprint density at radius 3 is 2.68 bits per heavy atom. The van der Waals surface area contributed by atoms with Crippen molar-refractivity contribution in [3.8, 4) is 0 Å². The van der Waals surface area contributed by atoms with Gasteiger partial charge in [0.15, 0.2) is 0 Å². The summed E-state index contributed by atoms with van der Waals surface area (Å²) < 4.78 is 0. The van der Waals surface area contributed by atoms with Crippen LogP contribution in [0.25, 0.3) is 0 Å². The number of aromatic nitrogens is 1. The van der Waals surface area contributed by atoms with Gasteiger partial charge in [0.05, 0.1) is 19.3 Å². The van der Waals surface area contributed by atoms with Gasteiger partial charge >= 0.3 is 0 Å². The van der Waals surface area contributed by atoms with E-state index in [2.05, 4.69) is 37.5 Å². The lowest BCUT2D eigenvalue weighted by Crippen LogP contribution is -2.44. The summed E-state index contributed by atoms with van der Waals surface area (Å²) in [6.07, 6.45) is 3.79. The van der Waals surface area contributed by atoms with Crippen molar-refractivity contribution in [2.24, 2.45) is 5.10 Å². The van der Waals surface area contributed by atoms with Gasteiger partial charge in [-0.1, -0.05) is 12.1 Å². The molecule has 0 atom stereocenters. The van der Waals surface area contributed by atoms with Crippen LogP contribution in [0.4, 0.5) is 5.82 Å². The summed E-state index contributed by atoms with van der Waals surface area (Å²) in [5.74, 6) is 1.06. The summed E-state index contributed by atoms with van der Waals surface area (Å²) in [6.45, 7) is 3.83. The molecule has 0 saturated carbocycles. The summed E-state index contributed by atoms with van der Waals surface area (Å²) in [7, 11) is 0. The van der Waals surface area contributed by atoms with Crippen LogP contribution in [0.2, 0.25) is 0 Å². The predicted octanol–water partition coefficient (Wildman–Crippen LogP) is 2.30. The Bertz CT molecular complexity index is 516.